The summed E-state index contributed by atoms with van der Waals surface area (Å²) in [6.45, 7) is 2.31. The van der Waals surface area contributed by atoms with Crippen LogP contribution in [0.4, 0.5) is 0 Å². The van der Waals surface area contributed by atoms with E-state index in [1.807, 2.05) is 17.0 Å². The summed E-state index contributed by atoms with van der Waals surface area (Å²) in [6, 6.07) is 7.22. The third-order valence-electron chi connectivity index (χ3n) is 5.21. The van der Waals surface area contributed by atoms with E-state index in [9.17, 15) is 4.79 Å². The van der Waals surface area contributed by atoms with Crippen molar-refractivity contribution in [1.29, 1.82) is 0 Å². The largest absolute Gasteiger partial charge is 0.492 e. The number of carbonyl (C=O) groups is 1. The zero-order valence-corrected chi connectivity index (χ0v) is 14.1. The van der Waals surface area contributed by atoms with E-state index >= 15 is 0 Å². The van der Waals surface area contributed by atoms with Gasteiger partial charge in [-0.25, -0.2) is 0 Å². The van der Waals surface area contributed by atoms with Gasteiger partial charge in [0.25, 0.3) is 5.91 Å². The first-order valence-corrected chi connectivity index (χ1v) is 8.76. The van der Waals surface area contributed by atoms with E-state index in [4.69, 9.17) is 13.9 Å². The summed E-state index contributed by atoms with van der Waals surface area (Å²) in [7, 11) is 0. The molecule has 0 radical (unpaired) electrons. The molecular weight excluding hydrogens is 320 g/mol. The third-order valence-corrected chi connectivity index (χ3v) is 5.21. The van der Waals surface area contributed by atoms with Gasteiger partial charge in [0.05, 0.1) is 37.8 Å². The maximum atomic E-state index is 12.6. The molecular formula is C19H22N2O4. The highest BCUT2D eigenvalue weighted by Crippen LogP contribution is 2.41. The molecule has 0 N–H and O–H groups in total. The van der Waals surface area contributed by atoms with Crippen LogP contribution < -0.4 is 4.74 Å². The number of carbonyl (C=O) groups excluding carboxylic acids is 1. The molecule has 4 rings (SSSR count). The maximum absolute atomic E-state index is 12.6. The molecule has 3 heterocycles. The average molecular weight is 342 g/mol. The first kappa shape index (κ1) is 16.1. The van der Waals surface area contributed by atoms with Crippen LogP contribution in [-0.4, -0.2) is 47.7 Å². The Hall–Kier alpha value is -2.34. The Balaban J connectivity index is 1.44. The molecule has 0 unspecified atom stereocenters. The lowest BCUT2D eigenvalue weighted by molar-refractivity contribution is -0.127. The Kier molecular flexibility index (Phi) is 4.44. The second-order valence-corrected chi connectivity index (χ2v) is 6.71. The number of pyridine rings is 1. The Morgan fingerprint density at radius 3 is 3.16 bits per heavy atom. The highest BCUT2D eigenvalue weighted by atomic mass is 16.5. The van der Waals surface area contributed by atoms with Crippen LogP contribution in [0.1, 0.15) is 29.8 Å². The van der Waals surface area contributed by atoms with Crippen LogP contribution in [0.15, 0.2) is 47.3 Å². The predicted molar refractivity (Wildman–Crippen MR) is 90.4 cm³/mol. The summed E-state index contributed by atoms with van der Waals surface area (Å²) >= 11 is 0. The van der Waals surface area contributed by atoms with Gasteiger partial charge in [-0.2, -0.15) is 0 Å². The smallest absolute Gasteiger partial charge is 0.289 e. The van der Waals surface area contributed by atoms with Gasteiger partial charge >= 0.3 is 0 Å². The monoisotopic (exact) mass is 342 g/mol. The predicted octanol–water partition coefficient (Wildman–Crippen LogP) is 2.76. The molecule has 6 heteroatoms. The van der Waals surface area contributed by atoms with Crippen LogP contribution in [0.5, 0.6) is 5.75 Å². The van der Waals surface area contributed by atoms with E-state index in [1.54, 1.807) is 24.5 Å². The number of ether oxygens (including phenoxy) is 2. The molecule has 2 aliphatic rings. The molecule has 1 spiro atoms. The minimum Gasteiger partial charge on any atom is -0.492 e. The quantitative estimate of drug-likeness (QED) is 0.855. The summed E-state index contributed by atoms with van der Waals surface area (Å²) in [5, 5.41) is 0. The fourth-order valence-corrected chi connectivity index (χ4v) is 3.91. The molecule has 2 atom stereocenters. The Labute approximate surface area is 146 Å². The van der Waals surface area contributed by atoms with Crippen molar-refractivity contribution < 1.29 is 18.7 Å². The molecule has 132 valence electrons. The molecule has 2 aromatic heterocycles. The Morgan fingerprint density at radius 1 is 1.40 bits per heavy atom. The van der Waals surface area contributed by atoms with Gasteiger partial charge in [-0.3, -0.25) is 9.78 Å². The number of hydrogen-bond donors (Lipinski definition) is 0. The van der Waals surface area contributed by atoms with E-state index in [0.717, 1.165) is 25.0 Å². The molecule has 1 saturated heterocycles. The Morgan fingerprint density at radius 2 is 2.36 bits per heavy atom. The molecule has 1 aliphatic heterocycles. The maximum Gasteiger partial charge on any atom is 0.289 e. The van der Waals surface area contributed by atoms with Gasteiger partial charge in [-0.05, 0) is 43.5 Å². The van der Waals surface area contributed by atoms with Gasteiger partial charge in [0, 0.05) is 18.7 Å². The highest BCUT2D eigenvalue weighted by Gasteiger charge is 2.48. The number of amides is 1. The van der Waals surface area contributed by atoms with Crippen molar-refractivity contribution in [2.45, 2.75) is 24.9 Å². The summed E-state index contributed by atoms with van der Waals surface area (Å²) in [5.74, 6) is 1.36. The van der Waals surface area contributed by atoms with Gasteiger partial charge in [0.15, 0.2) is 5.76 Å². The molecule has 1 aliphatic carbocycles. The van der Waals surface area contributed by atoms with Crippen molar-refractivity contribution in [2.24, 2.45) is 5.92 Å². The topological polar surface area (TPSA) is 64.8 Å². The molecule has 1 saturated carbocycles. The summed E-state index contributed by atoms with van der Waals surface area (Å²) in [4.78, 5) is 18.6. The molecule has 6 nitrogen and oxygen atoms in total. The van der Waals surface area contributed by atoms with Gasteiger partial charge < -0.3 is 18.8 Å². The zero-order chi connectivity index (χ0) is 17.1. The number of hydrogen-bond acceptors (Lipinski definition) is 5. The standard InChI is InChI=1S/C19H22N2O4/c22-18(17-6-3-10-23-17)21-9-11-25-19(14-21)7-1-4-15(19)13-24-16-5-2-8-20-12-16/h2-3,5-6,8,10,12,15H,1,4,7,9,11,13-14H2/t15-,19+/m0/s1. The fraction of sp³-hybridized carbons (Fsp3) is 0.474. The number of furan rings is 1. The van der Waals surface area contributed by atoms with Crippen molar-refractivity contribution >= 4 is 5.91 Å². The molecule has 25 heavy (non-hydrogen) atoms. The van der Waals surface area contributed by atoms with Gasteiger partial charge in [0.1, 0.15) is 5.75 Å². The zero-order valence-electron chi connectivity index (χ0n) is 14.1. The van der Waals surface area contributed by atoms with E-state index < -0.39 is 0 Å². The van der Waals surface area contributed by atoms with Crippen molar-refractivity contribution in [2.75, 3.05) is 26.3 Å². The second kappa shape index (κ2) is 6.88. The lowest BCUT2D eigenvalue weighted by atomic mass is 9.89. The third kappa shape index (κ3) is 3.26. The number of nitrogens with zero attached hydrogens (tertiary/aromatic N) is 2. The van der Waals surface area contributed by atoms with Crippen LogP contribution in [0, 0.1) is 5.92 Å². The lowest BCUT2D eigenvalue weighted by Gasteiger charge is -2.43. The summed E-state index contributed by atoms with van der Waals surface area (Å²) < 4.78 is 17.4. The number of aromatic nitrogens is 1. The summed E-state index contributed by atoms with van der Waals surface area (Å²) in [5.41, 5.74) is -0.317. The minimum atomic E-state index is -0.317. The van der Waals surface area contributed by atoms with E-state index in [2.05, 4.69) is 4.98 Å². The first-order valence-electron chi connectivity index (χ1n) is 8.76. The molecule has 2 aromatic rings. The molecule has 1 amide bonds. The number of morpholine rings is 1. The SMILES string of the molecule is O=C(c1ccco1)N1CCO[C@]2(CCC[C@H]2COc2cccnc2)C1. The van der Waals surface area contributed by atoms with Crippen LogP contribution >= 0.6 is 0 Å². The van der Waals surface area contributed by atoms with Crippen LogP contribution in [-0.2, 0) is 4.74 Å². The van der Waals surface area contributed by atoms with Crippen LogP contribution in [0.2, 0.25) is 0 Å². The van der Waals surface area contributed by atoms with E-state index in [1.165, 1.54) is 6.26 Å². The van der Waals surface area contributed by atoms with Crippen molar-refractivity contribution in [3.63, 3.8) is 0 Å². The summed E-state index contributed by atoms with van der Waals surface area (Å²) in [6.07, 6.45) is 8.06. The lowest BCUT2D eigenvalue weighted by Crippen LogP contribution is -2.56. The fourth-order valence-electron chi connectivity index (χ4n) is 3.91. The van der Waals surface area contributed by atoms with Crippen LogP contribution in [0.25, 0.3) is 0 Å². The van der Waals surface area contributed by atoms with Crippen molar-refractivity contribution in [3.8, 4) is 5.75 Å². The van der Waals surface area contributed by atoms with E-state index in [-0.39, 0.29) is 17.4 Å². The second-order valence-electron chi connectivity index (χ2n) is 6.71. The highest BCUT2D eigenvalue weighted by molar-refractivity contribution is 5.91. The van der Waals surface area contributed by atoms with Gasteiger partial charge in [0.2, 0.25) is 0 Å². The van der Waals surface area contributed by atoms with Crippen LogP contribution in [0.3, 0.4) is 0 Å². The Bertz CT molecular complexity index is 703. The van der Waals surface area contributed by atoms with Gasteiger partial charge in [-0.15, -0.1) is 0 Å². The van der Waals surface area contributed by atoms with Gasteiger partial charge in [-0.1, -0.05) is 0 Å². The molecule has 2 fully saturated rings. The normalized spacial score (nSPS) is 26.1. The minimum absolute atomic E-state index is 0.0634. The molecule has 0 aromatic carbocycles. The van der Waals surface area contributed by atoms with Crippen molar-refractivity contribution in [1.82, 2.24) is 9.88 Å². The van der Waals surface area contributed by atoms with E-state index in [0.29, 0.717) is 32.1 Å². The molecule has 0 bridgehead atoms. The first-order chi connectivity index (χ1) is 12.3. The number of rotatable bonds is 4. The average Bonchev–Trinajstić information content (AvgIpc) is 3.31. The van der Waals surface area contributed by atoms with Crippen molar-refractivity contribution in [3.05, 3.63) is 48.7 Å².